The lowest BCUT2D eigenvalue weighted by Crippen LogP contribution is -2.26. The molecule has 2 fully saturated rings. The van der Waals surface area contributed by atoms with Gasteiger partial charge in [0.15, 0.2) is 11.5 Å². The Morgan fingerprint density at radius 1 is 0.865 bits per heavy atom. The number of nitrogens with zero attached hydrogens (tertiary/aromatic N) is 2. The van der Waals surface area contributed by atoms with Gasteiger partial charge in [-0.25, -0.2) is 0 Å². The third-order valence-corrected chi connectivity index (χ3v) is 7.89. The lowest BCUT2D eigenvalue weighted by atomic mass is 9.86. The minimum Gasteiger partial charge on any atom is -0.490 e. The molecule has 5 rings (SSSR count). The number of methoxy groups -OCH3 is 1. The van der Waals surface area contributed by atoms with Gasteiger partial charge in [-0.2, -0.15) is 0 Å². The zero-order valence-electron chi connectivity index (χ0n) is 22.3. The molecule has 1 atom stereocenters. The Morgan fingerprint density at radius 3 is 2.32 bits per heavy atom. The molecular formula is C32H40N2O3. The van der Waals surface area contributed by atoms with E-state index in [1.165, 1.54) is 44.9 Å². The van der Waals surface area contributed by atoms with Crippen molar-refractivity contribution in [3.05, 3.63) is 72.6 Å². The van der Waals surface area contributed by atoms with E-state index < -0.39 is 0 Å². The third kappa shape index (κ3) is 6.20. The summed E-state index contributed by atoms with van der Waals surface area (Å²) >= 11 is 0. The molecule has 0 amide bonds. The third-order valence-electron chi connectivity index (χ3n) is 7.89. The number of benzene rings is 2. The second-order valence-electron chi connectivity index (χ2n) is 10.5. The van der Waals surface area contributed by atoms with Crippen LogP contribution in [0.5, 0.6) is 17.2 Å². The maximum atomic E-state index is 6.77. The van der Waals surface area contributed by atoms with E-state index in [0.29, 0.717) is 18.2 Å². The SMILES string of the molecule is COc1c(OC(C)C2CCCCC2)ccc(N(Cc2cccnc2)c2ccccc2)c1OC1CCCC1. The van der Waals surface area contributed by atoms with Crippen molar-refractivity contribution in [1.82, 2.24) is 4.98 Å². The zero-order chi connectivity index (χ0) is 25.5. The van der Waals surface area contributed by atoms with Gasteiger partial charge in [0.1, 0.15) is 0 Å². The van der Waals surface area contributed by atoms with Crippen LogP contribution in [0.3, 0.4) is 0 Å². The molecule has 1 heterocycles. The van der Waals surface area contributed by atoms with Crippen LogP contribution < -0.4 is 19.1 Å². The van der Waals surface area contributed by atoms with E-state index in [1.807, 2.05) is 24.5 Å². The fourth-order valence-corrected chi connectivity index (χ4v) is 5.82. The van der Waals surface area contributed by atoms with Gasteiger partial charge in [0, 0.05) is 24.6 Å². The maximum Gasteiger partial charge on any atom is 0.205 e. The van der Waals surface area contributed by atoms with E-state index in [4.69, 9.17) is 14.2 Å². The first kappa shape index (κ1) is 25.4. The molecule has 0 aliphatic heterocycles. The predicted octanol–water partition coefficient (Wildman–Crippen LogP) is 8.10. The number of ether oxygens (including phenoxy) is 3. The molecule has 0 N–H and O–H groups in total. The summed E-state index contributed by atoms with van der Waals surface area (Å²) in [6.45, 7) is 2.88. The quantitative estimate of drug-likeness (QED) is 0.281. The molecule has 0 saturated heterocycles. The molecular weight excluding hydrogens is 460 g/mol. The Morgan fingerprint density at radius 2 is 1.62 bits per heavy atom. The van der Waals surface area contributed by atoms with Gasteiger partial charge in [-0.05, 0) is 87.3 Å². The van der Waals surface area contributed by atoms with Crippen LogP contribution >= 0.6 is 0 Å². The van der Waals surface area contributed by atoms with Crippen molar-refractivity contribution in [3.63, 3.8) is 0 Å². The van der Waals surface area contributed by atoms with Crippen LogP contribution in [-0.2, 0) is 6.54 Å². The van der Waals surface area contributed by atoms with E-state index in [1.54, 1.807) is 7.11 Å². The molecule has 5 nitrogen and oxygen atoms in total. The number of anilines is 2. The predicted molar refractivity (Wildman–Crippen MR) is 149 cm³/mol. The van der Waals surface area contributed by atoms with Crippen LogP contribution in [0.1, 0.15) is 70.3 Å². The van der Waals surface area contributed by atoms with Crippen LogP contribution in [0.4, 0.5) is 11.4 Å². The monoisotopic (exact) mass is 500 g/mol. The average Bonchev–Trinajstić information content (AvgIpc) is 3.47. The zero-order valence-corrected chi connectivity index (χ0v) is 22.3. The average molecular weight is 501 g/mol. The molecule has 2 aliphatic carbocycles. The maximum absolute atomic E-state index is 6.77. The Hall–Kier alpha value is -3.21. The van der Waals surface area contributed by atoms with Crippen molar-refractivity contribution in [2.24, 2.45) is 5.92 Å². The highest BCUT2D eigenvalue weighted by atomic mass is 16.5. The summed E-state index contributed by atoms with van der Waals surface area (Å²) in [6, 6.07) is 18.8. The first-order valence-electron chi connectivity index (χ1n) is 14.0. The second kappa shape index (κ2) is 12.4. The standard InChI is InChI=1S/C32H40N2O3/c1-24(26-13-5-3-6-14-26)36-30-20-19-29(31(32(30)35-2)37-28-17-9-10-18-28)34(27-15-7-4-8-16-27)23-25-12-11-21-33-22-25/h4,7-8,11-12,15-16,19-22,24,26,28H,3,5-6,9-10,13-14,17-18,23H2,1-2H3. The van der Waals surface area contributed by atoms with Gasteiger partial charge in [0.05, 0.1) is 25.0 Å². The highest BCUT2D eigenvalue weighted by molar-refractivity contribution is 5.75. The number of hydrogen-bond donors (Lipinski definition) is 0. The molecule has 0 spiro atoms. The molecule has 37 heavy (non-hydrogen) atoms. The van der Waals surface area contributed by atoms with Crippen LogP contribution in [-0.4, -0.2) is 24.3 Å². The summed E-state index contributed by atoms with van der Waals surface area (Å²) < 4.78 is 19.4. The Kier molecular flexibility index (Phi) is 8.49. The van der Waals surface area contributed by atoms with Crippen molar-refractivity contribution in [3.8, 4) is 17.2 Å². The van der Waals surface area contributed by atoms with Crippen LogP contribution in [0.25, 0.3) is 0 Å². The summed E-state index contributed by atoms with van der Waals surface area (Å²) in [4.78, 5) is 6.64. The number of aromatic nitrogens is 1. The summed E-state index contributed by atoms with van der Waals surface area (Å²) in [5, 5.41) is 0. The number of para-hydroxylation sites is 1. The van der Waals surface area contributed by atoms with Crippen LogP contribution in [0.2, 0.25) is 0 Å². The van der Waals surface area contributed by atoms with E-state index in [0.717, 1.165) is 41.3 Å². The molecule has 2 aliphatic rings. The fraction of sp³-hybridized carbons (Fsp3) is 0.469. The molecule has 1 unspecified atom stereocenters. The van der Waals surface area contributed by atoms with E-state index in [9.17, 15) is 0 Å². The normalized spacial score (nSPS) is 17.4. The second-order valence-corrected chi connectivity index (χ2v) is 10.5. The Bertz CT molecular complexity index is 1110. The fourth-order valence-electron chi connectivity index (χ4n) is 5.82. The smallest absolute Gasteiger partial charge is 0.205 e. The van der Waals surface area contributed by atoms with Crippen molar-refractivity contribution in [1.29, 1.82) is 0 Å². The first-order chi connectivity index (χ1) is 18.2. The lowest BCUT2D eigenvalue weighted by Gasteiger charge is -2.31. The molecule has 2 aromatic carbocycles. The minimum absolute atomic E-state index is 0.139. The van der Waals surface area contributed by atoms with Crippen LogP contribution in [0.15, 0.2) is 67.0 Å². The van der Waals surface area contributed by atoms with Crippen molar-refractivity contribution in [2.45, 2.75) is 83.5 Å². The molecule has 1 aromatic heterocycles. The van der Waals surface area contributed by atoms with Crippen molar-refractivity contribution < 1.29 is 14.2 Å². The van der Waals surface area contributed by atoms with E-state index in [2.05, 4.69) is 59.3 Å². The van der Waals surface area contributed by atoms with Gasteiger partial charge in [-0.3, -0.25) is 4.98 Å². The number of hydrogen-bond acceptors (Lipinski definition) is 5. The van der Waals surface area contributed by atoms with Crippen molar-refractivity contribution >= 4 is 11.4 Å². The van der Waals surface area contributed by atoms with Crippen molar-refractivity contribution in [2.75, 3.05) is 12.0 Å². The van der Waals surface area contributed by atoms with Gasteiger partial charge in [0.25, 0.3) is 0 Å². The molecule has 0 bridgehead atoms. The Labute approximate surface area is 221 Å². The minimum atomic E-state index is 0.139. The first-order valence-corrected chi connectivity index (χ1v) is 14.0. The molecule has 5 heteroatoms. The van der Waals surface area contributed by atoms with Gasteiger partial charge in [-0.1, -0.05) is 43.5 Å². The molecule has 2 saturated carbocycles. The Balaban J connectivity index is 1.54. The van der Waals surface area contributed by atoms with Crippen LogP contribution in [0, 0.1) is 5.92 Å². The molecule has 3 aromatic rings. The van der Waals surface area contributed by atoms with E-state index in [-0.39, 0.29) is 12.2 Å². The summed E-state index contributed by atoms with van der Waals surface area (Å²) in [7, 11) is 1.73. The highest BCUT2D eigenvalue weighted by Gasteiger charge is 2.28. The molecule has 196 valence electrons. The highest BCUT2D eigenvalue weighted by Crippen LogP contribution is 2.49. The summed E-state index contributed by atoms with van der Waals surface area (Å²) in [5.41, 5.74) is 3.20. The lowest BCUT2D eigenvalue weighted by molar-refractivity contribution is 0.117. The van der Waals surface area contributed by atoms with Gasteiger partial charge in [0.2, 0.25) is 5.75 Å². The van der Waals surface area contributed by atoms with Gasteiger partial charge < -0.3 is 19.1 Å². The number of pyridine rings is 1. The number of rotatable bonds is 10. The largest absolute Gasteiger partial charge is 0.490 e. The summed E-state index contributed by atoms with van der Waals surface area (Å²) in [6.07, 6.45) is 15.0. The summed E-state index contributed by atoms with van der Waals surface area (Å²) in [5.74, 6) is 2.82. The van der Waals surface area contributed by atoms with Gasteiger partial charge in [-0.15, -0.1) is 0 Å². The van der Waals surface area contributed by atoms with Gasteiger partial charge >= 0.3 is 0 Å². The molecule has 0 radical (unpaired) electrons. The van der Waals surface area contributed by atoms with E-state index >= 15 is 0 Å². The topological polar surface area (TPSA) is 43.8 Å².